The number of hydrogen-bond acceptors (Lipinski definition) is 8. The lowest BCUT2D eigenvalue weighted by molar-refractivity contribution is -0.384. The molecule has 4 saturated carbocycles. The topological polar surface area (TPSA) is 162 Å². The van der Waals surface area contributed by atoms with Crippen molar-refractivity contribution in [2.24, 2.45) is 34.8 Å². The fourth-order valence-electron chi connectivity index (χ4n) is 7.17. The van der Waals surface area contributed by atoms with Crippen molar-refractivity contribution in [1.29, 1.82) is 0 Å². The van der Waals surface area contributed by atoms with Gasteiger partial charge in [-0.3, -0.25) is 33.1 Å². The molecule has 0 radical (unpaired) electrons. The van der Waals surface area contributed by atoms with E-state index in [4.69, 9.17) is 17.3 Å². The minimum absolute atomic E-state index is 0.0272. The van der Waals surface area contributed by atoms with E-state index < -0.39 is 21.3 Å². The highest BCUT2D eigenvalue weighted by atomic mass is 35.5. The van der Waals surface area contributed by atoms with Gasteiger partial charge in [0, 0.05) is 36.7 Å². The van der Waals surface area contributed by atoms with Gasteiger partial charge in [0.05, 0.1) is 22.2 Å². The standard InChI is InChI=1S/C23H32ClN5O6S/c1-13-10-27(36(34,35)28(11-13)19-3-2-17(29(32)33)6-18(19)24)12-20(30)26-21-15-4-14-5-16(21)9-23(7-14,8-15)22(25)31/h2-3,6,13-16,21,34-35H,4-5,7-12H2,1H3,(H2,25,31)(H,26,30). The van der Waals surface area contributed by atoms with E-state index in [0.717, 1.165) is 19.3 Å². The zero-order chi connectivity index (χ0) is 26.0. The van der Waals surface area contributed by atoms with Crippen molar-refractivity contribution in [3.8, 4) is 0 Å². The van der Waals surface area contributed by atoms with Gasteiger partial charge in [0.2, 0.25) is 11.8 Å². The Hall–Kier alpha value is -2.12. The van der Waals surface area contributed by atoms with Crippen LogP contribution >= 0.6 is 22.6 Å². The van der Waals surface area contributed by atoms with Crippen LogP contribution in [0.4, 0.5) is 11.4 Å². The van der Waals surface area contributed by atoms with Crippen LogP contribution in [0.3, 0.4) is 0 Å². The van der Waals surface area contributed by atoms with Crippen molar-refractivity contribution >= 4 is 45.8 Å². The predicted octanol–water partition coefficient (Wildman–Crippen LogP) is 3.38. The van der Waals surface area contributed by atoms with E-state index in [0.29, 0.717) is 25.3 Å². The van der Waals surface area contributed by atoms with Crippen molar-refractivity contribution in [3.05, 3.63) is 33.3 Å². The summed E-state index contributed by atoms with van der Waals surface area (Å²) < 4.78 is 25.1. The molecule has 1 aromatic carbocycles. The second kappa shape index (κ2) is 9.02. The van der Waals surface area contributed by atoms with Crippen molar-refractivity contribution in [1.82, 2.24) is 9.62 Å². The van der Waals surface area contributed by atoms with Gasteiger partial charge >= 0.3 is 0 Å². The Morgan fingerprint density at radius 3 is 2.50 bits per heavy atom. The zero-order valence-electron chi connectivity index (χ0n) is 20.0. The first-order valence-corrected chi connectivity index (χ1v) is 14.1. The highest BCUT2D eigenvalue weighted by Crippen LogP contribution is 2.60. The predicted molar refractivity (Wildman–Crippen MR) is 136 cm³/mol. The fraction of sp³-hybridized carbons (Fsp3) is 0.652. The molecule has 198 valence electrons. The number of carbonyl (C=O) groups is 2. The number of hydrogen-bond donors (Lipinski definition) is 4. The van der Waals surface area contributed by atoms with E-state index in [1.807, 2.05) is 6.92 Å². The van der Waals surface area contributed by atoms with Crippen LogP contribution in [0.15, 0.2) is 18.2 Å². The first-order chi connectivity index (χ1) is 16.9. The molecule has 3 atom stereocenters. The number of amides is 2. The maximum Gasteiger partial charge on any atom is 0.271 e. The number of anilines is 1. The van der Waals surface area contributed by atoms with E-state index in [9.17, 15) is 28.8 Å². The lowest BCUT2D eigenvalue weighted by Gasteiger charge is -2.59. The van der Waals surface area contributed by atoms with Gasteiger partial charge in [-0.2, -0.15) is 4.31 Å². The van der Waals surface area contributed by atoms with Gasteiger partial charge in [-0.05, 0) is 72.8 Å². The maximum atomic E-state index is 13.2. The summed E-state index contributed by atoms with van der Waals surface area (Å²) in [5.74, 6) is 0.309. The highest BCUT2D eigenvalue weighted by Gasteiger charge is 2.58. The Kier molecular flexibility index (Phi) is 6.39. The molecule has 1 saturated heterocycles. The molecule has 11 nitrogen and oxygen atoms in total. The van der Waals surface area contributed by atoms with Crippen molar-refractivity contribution in [3.63, 3.8) is 0 Å². The van der Waals surface area contributed by atoms with Crippen LogP contribution in [-0.2, 0) is 9.59 Å². The monoisotopic (exact) mass is 541 g/mol. The van der Waals surface area contributed by atoms with Gasteiger partial charge in [0.1, 0.15) is 0 Å². The zero-order valence-corrected chi connectivity index (χ0v) is 21.6. The molecule has 5 fully saturated rings. The number of nitrogens with one attached hydrogen (secondary N) is 1. The SMILES string of the molecule is CC1CN(CC(=O)NC2C3CC4CC2CC(C(N)=O)(C4)C3)S(O)(O)N(c2ccc([N+](=O)[O-])cc2Cl)C1. The smallest absolute Gasteiger partial charge is 0.271 e. The van der Waals surface area contributed by atoms with Crippen molar-refractivity contribution in [2.75, 3.05) is 23.9 Å². The number of benzene rings is 1. The number of halogens is 1. The molecule has 1 aliphatic heterocycles. The summed E-state index contributed by atoms with van der Waals surface area (Å²) in [7, 11) is -3.59. The molecule has 0 spiro atoms. The Morgan fingerprint density at radius 1 is 1.25 bits per heavy atom. The third-order valence-corrected chi connectivity index (χ3v) is 10.7. The molecular formula is C23H32ClN5O6S. The Bertz CT molecular complexity index is 1090. The Balaban J connectivity index is 1.30. The molecule has 0 aromatic heterocycles. The lowest BCUT2D eigenvalue weighted by Crippen LogP contribution is -2.63. The maximum absolute atomic E-state index is 13.2. The number of nitro benzene ring substituents is 1. The Labute approximate surface area is 216 Å². The number of nitrogens with two attached hydrogens (primary N) is 1. The molecule has 5 N–H and O–H groups in total. The van der Waals surface area contributed by atoms with Crippen LogP contribution in [0.2, 0.25) is 5.02 Å². The fourth-order valence-corrected chi connectivity index (χ4v) is 9.40. The largest absolute Gasteiger partial charge is 0.369 e. The summed E-state index contributed by atoms with van der Waals surface area (Å²) in [4.78, 5) is 35.9. The second-order valence-corrected chi connectivity index (χ2v) is 13.4. The number of rotatable bonds is 6. The quantitative estimate of drug-likeness (QED) is 0.314. The minimum atomic E-state index is -3.59. The van der Waals surface area contributed by atoms with E-state index in [1.165, 1.54) is 26.8 Å². The number of non-ortho nitro benzene ring substituents is 1. The summed E-state index contributed by atoms with van der Waals surface area (Å²) in [5, 5.41) is 14.2. The Morgan fingerprint density at radius 2 is 1.92 bits per heavy atom. The van der Waals surface area contributed by atoms with Crippen LogP contribution in [0.5, 0.6) is 0 Å². The highest BCUT2D eigenvalue weighted by molar-refractivity contribution is 8.23. The summed E-state index contributed by atoms with van der Waals surface area (Å²) in [6.45, 7) is 2.27. The first-order valence-electron chi connectivity index (χ1n) is 12.2. The summed E-state index contributed by atoms with van der Waals surface area (Å²) in [6, 6.07) is 3.78. The molecule has 1 aromatic rings. The molecule has 4 bridgehead atoms. The summed E-state index contributed by atoms with van der Waals surface area (Å²) >= 11 is 6.28. The van der Waals surface area contributed by atoms with Gasteiger partial charge in [0.25, 0.3) is 5.69 Å². The average Bonchev–Trinajstić information content (AvgIpc) is 2.78. The van der Waals surface area contributed by atoms with Crippen molar-refractivity contribution < 1.29 is 23.6 Å². The number of primary amides is 1. The van der Waals surface area contributed by atoms with Gasteiger partial charge in [-0.15, -0.1) is 0 Å². The molecule has 4 aliphatic carbocycles. The molecule has 36 heavy (non-hydrogen) atoms. The van der Waals surface area contributed by atoms with Crippen LogP contribution < -0.4 is 15.4 Å². The van der Waals surface area contributed by atoms with E-state index >= 15 is 0 Å². The lowest BCUT2D eigenvalue weighted by atomic mass is 9.47. The van der Waals surface area contributed by atoms with Gasteiger partial charge in [-0.25, -0.2) is 0 Å². The normalized spacial score (nSPS) is 35.9. The molecular weight excluding hydrogens is 510 g/mol. The second-order valence-electron chi connectivity index (χ2n) is 11.1. The summed E-state index contributed by atoms with van der Waals surface area (Å²) in [6.07, 6.45) is 4.19. The number of carbonyl (C=O) groups excluding carboxylic acids is 2. The van der Waals surface area contributed by atoms with E-state index in [-0.39, 0.29) is 65.1 Å². The molecule has 6 rings (SSSR count). The number of nitro groups is 1. The van der Waals surface area contributed by atoms with Crippen molar-refractivity contribution in [2.45, 2.75) is 45.1 Å². The van der Waals surface area contributed by atoms with Gasteiger partial charge in [0.15, 0.2) is 0 Å². The molecule has 1 heterocycles. The van der Waals surface area contributed by atoms with Crippen LogP contribution in [0.25, 0.3) is 0 Å². The molecule has 5 aliphatic rings. The molecule has 13 heteroatoms. The van der Waals surface area contributed by atoms with Crippen LogP contribution in [0, 0.1) is 39.2 Å². The average molecular weight is 542 g/mol. The van der Waals surface area contributed by atoms with Crippen LogP contribution in [-0.4, -0.2) is 55.8 Å². The number of nitrogens with zero attached hydrogens (tertiary/aromatic N) is 3. The van der Waals surface area contributed by atoms with E-state index in [2.05, 4.69) is 5.32 Å². The third kappa shape index (κ3) is 4.32. The molecule has 3 unspecified atom stereocenters. The van der Waals surface area contributed by atoms with Crippen LogP contribution in [0.1, 0.15) is 39.0 Å². The van der Waals surface area contributed by atoms with E-state index in [1.54, 1.807) is 0 Å². The third-order valence-electron chi connectivity index (χ3n) is 8.49. The molecule has 2 amide bonds. The minimum Gasteiger partial charge on any atom is -0.369 e. The van der Waals surface area contributed by atoms with Gasteiger partial charge in [-0.1, -0.05) is 18.5 Å². The van der Waals surface area contributed by atoms with Gasteiger partial charge < -0.3 is 11.1 Å². The summed E-state index contributed by atoms with van der Waals surface area (Å²) in [5.41, 5.74) is 5.38. The first kappa shape index (κ1) is 25.5.